The zero-order chi connectivity index (χ0) is 15.4. The minimum absolute atomic E-state index is 0.164. The van der Waals surface area contributed by atoms with Crippen molar-refractivity contribution in [1.82, 2.24) is 19.9 Å². The number of likely N-dealkylation sites (tertiary alicyclic amines) is 1. The van der Waals surface area contributed by atoms with Gasteiger partial charge in [-0.15, -0.1) is 0 Å². The third-order valence-electron chi connectivity index (χ3n) is 4.00. The summed E-state index contributed by atoms with van der Waals surface area (Å²) in [7, 11) is 0. The van der Waals surface area contributed by atoms with Crippen molar-refractivity contribution in [2.75, 3.05) is 18.4 Å². The molecule has 3 rings (SSSR count). The van der Waals surface area contributed by atoms with E-state index in [9.17, 15) is 4.79 Å². The molecule has 0 bridgehead atoms. The van der Waals surface area contributed by atoms with E-state index in [1.165, 1.54) is 5.56 Å². The highest BCUT2D eigenvalue weighted by atomic mass is 16.2. The van der Waals surface area contributed by atoms with Crippen LogP contribution in [0.4, 0.5) is 11.8 Å². The molecular formula is C16H19N5O. The summed E-state index contributed by atoms with van der Waals surface area (Å²) in [5.41, 5.74) is 1.25. The first kappa shape index (κ1) is 14.4. The quantitative estimate of drug-likeness (QED) is 0.941. The lowest BCUT2D eigenvalue weighted by Crippen LogP contribution is -2.36. The minimum atomic E-state index is 0.164. The van der Waals surface area contributed by atoms with Crippen molar-refractivity contribution in [3.8, 4) is 0 Å². The van der Waals surface area contributed by atoms with E-state index < -0.39 is 0 Å². The molecule has 1 fully saturated rings. The van der Waals surface area contributed by atoms with Crippen LogP contribution in [0.5, 0.6) is 0 Å². The lowest BCUT2D eigenvalue weighted by atomic mass is 9.90. The average Bonchev–Trinajstić information content (AvgIpc) is 2.56. The van der Waals surface area contributed by atoms with Crippen LogP contribution in [0, 0.1) is 0 Å². The van der Waals surface area contributed by atoms with Gasteiger partial charge in [-0.2, -0.15) is 0 Å². The topological polar surface area (TPSA) is 71.0 Å². The Morgan fingerprint density at radius 1 is 1.18 bits per heavy atom. The van der Waals surface area contributed by atoms with Crippen molar-refractivity contribution in [2.24, 2.45) is 0 Å². The molecule has 2 aromatic heterocycles. The summed E-state index contributed by atoms with van der Waals surface area (Å²) in [5.74, 6) is 1.92. The molecule has 114 valence electrons. The fourth-order valence-electron chi connectivity index (χ4n) is 2.78. The minimum Gasteiger partial charge on any atom is -0.343 e. The largest absolute Gasteiger partial charge is 0.343 e. The molecule has 1 aliphatic rings. The van der Waals surface area contributed by atoms with Gasteiger partial charge < -0.3 is 10.2 Å². The Labute approximate surface area is 129 Å². The zero-order valence-electron chi connectivity index (χ0n) is 12.6. The number of piperidine rings is 1. The summed E-state index contributed by atoms with van der Waals surface area (Å²) in [5, 5.41) is 3.11. The van der Waals surface area contributed by atoms with Crippen molar-refractivity contribution < 1.29 is 4.79 Å². The fraction of sp³-hybridized carbons (Fsp3) is 0.375. The summed E-state index contributed by atoms with van der Waals surface area (Å²) in [6.07, 6.45) is 7.17. The van der Waals surface area contributed by atoms with E-state index in [4.69, 9.17) is 0 Å². The van der Waals surface area contributed by atoms with E-state index in [2.05, 4.69) is 20.3 Å². The van der Waals surface area contributed by atoms with Crippen LogP contribution in [-0.2, 0) is 4.79 Å². The second-order valence-electron chi connectivity index (χ2n) is 5.45. The SMILES string of the molecule is CC(=O)N1CCC(c2ccnc(Nc3ncccn3)c2)CC1. The van der Waals surface area contributed by atoms with Crippen LogP contribution in [0.15, 0.2) is 36.8 Å². The molecule has 0 saturated carbocycles. The number of nitrogens with zero attached hydrogens (tertiary/aromatic N) is 4. The molecule has 3 heterocycles. The van der Waals surface area contributed by atoms with Crippen LogP contribution < -0.4 is 5.32 Å². The third-order valence-corrected chi connectivity index (χ3v) is 4.00. The van der Waals surface area contributed by atoms with E-state index in [0.717, 1.165) is 31.7 Å². The van der Waals surface area contributed by atoms with Gasteiger partial charge in [0.15, 0.2) is 0 Å². The molecule has 6 heteroatoms. The van der Waals surface area contributed by atoms with Crippen molar-refractivity contribution in [2.45, 2.75) is 25.7 Å². The van der Waals surface area contributed by atoms with Gasteiger partial charge in [0.05, 0.1) is 0 Å². The lowest BCUT2D eigenvalue weighted by Gasteiger charge is -2.31. The number of carbonyl (C=O) groups excluding carboxylic acids is 1. The highest BCUT2D eigenvalue weighted by molar-refractivity contribution is 5.73. The molecule has 1 saturated heterocycles. The first-order chi connectivity index (χ1) is 10.7. The van der Waals surface area contributed by atoms with Gasteiger partial charge in [-0.3, -0.25) is 4.79 Å². The molecule has 0 aromatic carbocycles. The highest BCUT2D eigenvalue weighted by Crippen LogP contribution is 2.29. The van der Waals surface area contributed by atoms with Crippen LogP contribution in [0.25, 0.3) is 0 Å². The highest BCUT2D eigenvalue weighted by Gasteiger charge is 2.22. The first-order valence-corrected chi connectivity index (χ1v) is 7.48. The van der Waals surface area contributed by atoms with Crippen LogP contribution in [-0.4, -0.2) is 38.8 Å². The molecule has 0 radical (unpaired) electrons. The molecule has 1 N–H and O–H groups in total. The van der Waals surface area contributed by atoms with Gasteiger partial charge in [0, 0.05) is 38.6 Å². The number of amides is 1. The molecule has 1 amide bonds. The standard InChI is InChI=1S/C16H19N5O/c1-12(22)21-9-4-13(5-10-21)14-3-8-17-15(11-14)20-16-18-6-2-7-19-16/h2-3,6-8,11,13H,4-5,9-10H2,1H3,(H,17,18,19,20). The van der Waals surface area contributed by atoms with Gasteiger partial charge in [0.1, 0.15) is 5.82 Å². The Bertz CT molecular complexity index is 638. The van der Waals surface area contributed by atoms with Crippen LogP contribution in [0.1, 0.15) is 31.2 Å². The van der Waals surface area contributed by atoms with Crippen molar-refractivity contribution >= 4 is 17.7 Å². The van der Waals surface area contributed by atoms with Gasteiger partial charge in [0.2, 0.25) is 11.9 Å². The predicted octanol–water partition coefficient (Wildman–Crippen LogP) is 2.34. The fourth-order valence-corrected chi connectivity index (χ4v) is 2.78. The second kappa shape index (κ2) is 6.51. The number of aromatic nitrogens is 3. The van der Waals surface area contributed by atoms with Gasteiger partial charge in [0.25, 0.3) is 0 Å². The molecule has 0 spiro atoms. The smallest absolute Gasteiger partial charge is 0.228 e. The van der Waals surface area contributed by atoms with E-state index in [1.54, 1.807) is 31.6 Å². The zero-order valence-corrected chi connectivity index (χ0v) is 12.6. The van der Waals surface area contributed by atoms with Crippen LogP contribution in [0.2, 0.25) is 0 Å². The maximum Gasteiger partial charge on any atom is 0.228 e. The Balaban J connectivity index is 1.68. The summed E-state index contributed by atoms with van der Waals surface area (Å²) in [6.45, 7) is 3.29. The van der Waals surface area contributed by atoms with Gasteiger partial charge in [-0.1, -0.05) is 0 Å². The molecule has 0 aliphatic carbocycles. The van der Waals surface area contributed by atoms with Crippen LogP contribution >= 0.6 is 0 Å². The maximum absolute atomic E-state index is 11.4. The normalized spacial score (nSPS) is 15.6. The van der Waals surface area contributed by atoms with Crippen molar-refractivity contribution in [3.05, 3.63) is 42.4 Å². The van der Waals surface area contributed by atoms with E-state index in [1.807, 2.05) is 17.0 Å². The Morgan fingerprint density at radius 3 is 2.59 bits per heavy atom. The van der Waals surface area contributed by atoms with E-state index in [-0.39, 0.29) is 5.91 Å². The number of hydrogen-bond donors (Lipinski definition) is 1. The van der Waals surface area contributed by atoms with Crippen molar-refractivity contribution in [1.29, 1.82) is 0 Å². The van der Waals surface area contributed by atoms with Gasteiger partial charge in [-0.05, 0) is 42.5 Å². The van der Waals surface area contributed by atoms with Gasteiger partial charge >= 0.3 is 0 Å². The maximum atomic E-state index is 11.4. The predicted molar refractivity (Wildman–Crippen MR) is 83.8 cm³/mol. The number of pyridine rings is 1. The molecule has 22 heavy (non-hydrogen) atoms. The Kier molecular flexibility index (Phi) is 4.27. The molecule has 6 nitrogen and oxygen atoms in total. The summed E-state index contributed by atoms with van der Waals surface area (Å²) < 4.78 is 0. The summed E-state index contributed by atoms with van der Waals surface area (Å²) in [6, 6.07) is 5.87. The molecule has 2 aromatic rings. The van der Waals surface area contributed by atoms with E-state index >= 15 is 0 Å². The average molecular weight is 297 g/mol. The second-order valence-corrected chi connectivity index (χ2v) is 5.45. The monoisotopic (exact) mass is 297 g/mol. The number of anilines is 2. The molecule has 0 atom stereocenters. The molecule has 0 unspecified atom stereocenters. The number of rotatable bonds is 3. The summed E-state index contributed by atoms with van der Waals surface area (Å²) >= 11 is 0. The first-order valence-electron chi connectivity index (χ1n) is 7.48. The number of nitrogens with one attached hydrogen (secondary N) is 1. The molecular weight excluding hydrogens is 278 g/mol. The number of hydrogen-bond acceptors (Lipinski definition) is 5. The summed E-state index contributed by atoms with van der Waals surface area (Å²) in [4.78, 5) is 25.9. The van der Waals surface area contributed by atoms with Gasteiger partial charge in [-0.25, -0.2) is 15.0 Å². The number of carbonyl (C=O) groups is 1. The molecule has 1 aliphatic heterocycles. The lowest BCUT2D eigenvalue weighted by molar-refractivity contribution is -0.129. The van der Waals surface area contributed by atoms with E-state index in [0.29, 0.717) is 11.9 Å². The third kappa shape index (κ3) is 3.39. The Hall–Kier alpha value is -2.50. The van der Waals surface area contributed by atoms with Crippen molar-refractivity contribution in [3.63, 3.8) is 0 Å². The van der Waals surface area contributed by atoms with Crippen LogP contribution in [0.3, 0.4) is 0 Å². The Morgan fingerprint density at radius 2 is 1.91 bits per heavy atom.